The topological polar surface area (TPSA) is 38.3 Å². The highest BCUT2D eigenvalue weighted by molar-refractivity contribution is 5.79. The molecule has 1 heterocycles. The van der Waals surface area contributed by atoms with E-state index in [1.165, 1.54) is 11.1 Å². The smallest absolute Gasteiger partial charge is 0.223 e. The predicted molar refractivity (Wildman–Crippen MR) is 64.7 cm³/mol. The summed E-state index contributed by atoms with van der Waals surface area (Å²) in [6, 6.07) is 8.69. The van der Waals surface area contributed by atoms with E-state index in [0.717, 1.165) is 19.3 Å². The summed E-state index contributed by atoms with van der Waals surface area (Å²) in [5.74, 6) is 0.346. The Kier molecular flexibility index (Phi) is 2.85. The van der Waals surface area contributed by atoms with Gasteiger partial charge in [-0.25, -0.2) is 0 Å². The second-order valence-corrected chi connectivity index (χ2v) is 4.95. The molecule has 3 heteroatoms. The second kappa shape index (κ2) is 4.49. The molecule has 1 fully saturated rings. The molecule has 1 atom stereocenters. The molecule has 1 aromatic rings. The number of carbonyl (C=O) groups is 1. The number of hydrogen-bond acceptors (Lipinski definition) is 2. The summed E-state index contributed by atoms with van der Waals surface area (Å²) in [6.07, 6.45) is 2.88. The lowest BCUT2D eigenvalue weighted by Crippen LogP contribution is -2.50. The van der Waals surface area contributed by atoms with Crippen LogP contribution in [-0.4, -0.2) is 25.2 Å². The van der Waals surface area contributed by atoms with Crippen LogP contribution in [0.1, 0.15) is 17.5 Å². The lowest BCUT2D eigenvalue weighted by Gasteiger charge is -2.30. The Morgan fingerprint density at radius 2 is 2.00 bits per heavy atom. The van der Waals surface area contributed by atoms with Crippen molar-refractivity contribution >= 4 is 5.91 Å². The monoisotopic (exact) mass is 231 g/mol. The third-order valence-electron chi connectivity index (χ3n) is 3.70. The number of aryl methyl sites for hydroxylation is 1. The molecule has 1 amide bonds. The van der Waals surface area contributed by atoms with Gasteiger partial charge >= 0.3 is 0 Å². The van der Waals surface area contributed by atoms with Crippen molar-refractivity contribution in [2.75, 3.05) is 13.2 Å². The van der Waals surface area contributed by atoms with Crippen LogP contribution in [0.5, 0.6) is 0 Å². The van der Waals surface area contributed by atoms with Crippen molar-refractivity contribution in [3.63, 3.8) is 0 Å². The van der Waals surface area contributed by atoms with Crippen LogP contribution in [0.2, 0.25) is 0 Å². The minimum atomic E-state index is 0.144. The molecule has 3 rings (SSSR count). The van der Waals surface area contributed by atoms with E-state index in [-0.39, 0.29) is 17.9 Å². The lowest BCUT2D eigenvalue weighted by molar-refractivity contribution is -0.129. The number of benzene rings is 1. The molecule has 17 heavy (non-hydrogen) atoms. The molecular weight excluding hydrogens is 214 g/mol. The molecule has 1 saturated heterocycles. The maximum atomic E-state index is 12.0. The fourth-order valence-electron chi connectivity index (χ4n) is 2.56. The normalized spacial score (nSPS) is 23.6. The molecule has 0 saturated carbocycles. The minimum absolute atomic E-state index is 0.144. The van der Waals surface area contributed by atoms with Gasteiger partial charge in [-0.1, -0.05) is 24.3 Å². The van der Waals surface area contributed by atoms with E-state index < -0.39 is 0 Å². The van der Waals surface area contributed by atoms with Gasteiger partial charge in [-0.05, 0) is 30.4 Å². The Bertz CT molecular complexity index is 426. The Morgan fingerprint density at radius 1 is 1.24 bits per heavy atom. The molecule has 1 N–H and O–H groups in total. The van der Waals surface area contributed by atoms with Crippen LogP contribution in [0.25, 0.3) is 0 Å². The number of hydrogen-bond donors (Lipinski definition) is 1. The van der Waals surface area contributed by atoms with Crippen LogP contribution in [0.15, 0.2) is 24.3 Å². The first-order valence-electron chi connectivity index (χ1n) is 6.28. The quantitative estimate of drug-likeness (QED) is 0.833. The van der Waals surface area contributed by atoms with Crippen molar-refractivity contribution in [1.82, 2.24) is 5.32 Å². The van der Waals surface area contributed by atoms with Crippen LogP contribution in [-0.2, 0) is 22.4 Å². The number of ether oxygens (including phenoxy) is 1. The molecule has 2 aliphatic rings. The van der Waals surface area contributed by atoms with Gasteiger partial charge in [0.1, 0.15) is 0 Å². The van der Waals surface area contributed by atoms with Crippen LogP contribution < -0.4 is 5.32 Å². The van der Waals surface area contributed by atoms with Gasteiger partial charge in [0.2, 0.25) is 5.91 Å². The van der Waals surface area contributed by atoms with Crippen molar-refractivity contribution < 1.29 is 9.53 Å². The summed E-state index contributed by atoms with van der Waals surface area (Å²) in [6.45, 7) is 1.35. The number of amides is 1. The maximum absolute atomic E-state index is 12.0. The summed E-state index contributed by atoms with van der Waals surface area (Å²) in [4.78, 5) is 12.0. The van der Waals surface area contributed by atoms with E-state index in [9.17, 15) is 4.79 Å². The van der Waals surface area contributed by atoms with Crippen molar-refractivity contribution in [3.05, 3.63) is 35.4 Å². The van der Waals surface area contributed by atoms with Crippen molar-refractivity contribution in [1.29, 1.82) is 0 Å². The van der Waals surface area contributed by atoms with Crippen LogP contribution in [0.3, 0.4) is 0 Å². The van der Waals surface area contributed by atoms with Crippen molar-refractivity contribution in [2.45, 2.75) is 25.3 Å². The Morgan fingerprint density at radius 3 is 2.71 bits per heavy atom. The number of nitrogens with one attached hydrogen (secondary N) is 1. The third kappa shape index (κ3) is 2.20. The highest BCUT2D eigenvalue weighted by atomic mass is 16.5. The van der Waals surface area contributed by atoms with E-state index in [1.807, 2.05) is 0 Å². The molecular formula is C14H17NO2. The summed E-state index contributed by atoms with van der Waals surface area (Å²) in [7, 11) is 0. The number of carbonyl (C=O) groups excluding carboxylic acids is 1. The van der Waals surface area contributed by atoms with Gasteiger partial charge in [0, 0.05) is 5.92 Å². The zero-order valence-corrected chi connectivity index (χ0v) is 9.82. The van der Waals surface area contributed by atoms with Crippen molar-refractivity contribution in [3.8, 4) is 0 Å². The number of rotatable bonds is 2. The van der Waals surface area contributed by atoms with E-state index in [4.69, 9.17) is 4.74 Å². The molecule has 1 aliphatic carbocycles. The van der Waals surface area contributed by atoms with Gasteiger partial charge in [0.05, 0.1) is 19.3 Å². The first kappa shape index (κ1) is 10.8. The standard InChI is InChI=1S/C14H17NO2/c16-14(15-13-8-17-9-13)12-6-5-10-3-1-2-4-11(10)7-12/h1-4,12-13H,5-9H2,(H,15,16). The molecule has 1 unspecified atom stereocenters. The van der Waals surface area contributed by atoms with Gasteiger partial charge in [-0.3, -0.25) is 4.79 Å². The zero-order chi connectivity index (χ0) is 11.7. The maximum Gasteiger partial charge on any atom is 0.223 e. The summed E-state index contributed by atoms with van der Waals surface area (Å²) in [5.41, 5.74) is 2.74. The van der Waals surface area contributed by atoms with Crippen LogP contribution in [0.4, 0.5) is 0 Å². The van der Waals surface area contributed by atoms with Gasteiger partial charge in [-0.15, -0.1) is 0 Å². The average Bonchev–Trinajstić information content (AvgIpc) is 2.33. The molecule has 0 radical (unpaired) electrons. The molecule has 0 bridgehead atoms. The molecule has 1 aliphatic heterocycles. The third-order valence-corrected chi connectivity index (χ3v) is 3.70. The minimum Gasteiger partial charge on any atom is -0.377 e. The van der Waals surface area contributed by atoms with E-state index in [1.54, 1.807) is 0 Å². The van der Waals surface area contributed by atoms with Gasteiger partial charge < -0.3 is 10.1 Å². The van der Waals surface area contributed by atoms with Gasteiger partial charge in [0.15, 0.2) is 0 Å². The Balaban J connectivity index is 1.64. The largest absolute Gasteiger partial charge is 0.377 e. The molecule has 90 valence electrons. The van der Waals surface area contributed by atoms with E-state index >= 15 is 0 Å². The Labute approximate surface area is 101 Å². The predicted octanol–water partition coefficient (Wildman–Crippen LogP) is 1.31. The van der Waals surface area contributed by atoms with Crippen LogP contribution >= 0.6 is 0 Å². The fraction of sp³-hybridized carbons (Fsp3) is 0.500. The Hall–Kier alpha value is -1.35. The average molecular weight is 231 g/mol. The first-order valence-corrected chi connectivity index (χ1v) is 6.28. The van der Waals surface area contributed by atoms with Gasteiger partial charge in [0.25, 0.3) is 0 Å². The fourth-order valence-corrected chi connectivity index (χ4v) is 2.56. The SMILES string of the molecule is O=C(NC1COC1)C1CCc2ccccc2C1. The highest BCUT2D eigenvalue weighted by Gasteiger charge is 2.28. The highest BCUT2D eigenvalue weighted by Crippen LogP contribution is 2.25. The summed E-state index contributed by atoms with van der Waals surface area (Å²) < 4.78 is 5.06. The number of fused-ring (bicyclic) bond motifs is 1. The van der Waals surface area contributed by atoms with Crippen molar-refractivity contribution in [2.24, 2.45) is 5.92 Å². The van der Waals surface area contributed by atoms with Crippen LogP contribution in [0, 0.1) is 5.92 Å². The summed E-state index contributed by atoms with van der Waals surface area (Å²) >= 11 is 0. The van der Waals surface area contributed by atoms with Gasteiger partial charge in [-0.2, -0.15) is 0 Å². The van der Waals surface area contributed by atoms with E-state index in [0.29, 0.717) is 13.2 Å². The molecule has 0 aromatic heterocycles. The molecule has 0 spiro atoms. The molecule has 1 aromatic carbocycles. The first-order chi connectivity index (χ1) is 8.33. The summed E-state index contributed by atoms with van der Waals surface area (Å²) in [5, 5.41) is 3.05. The zero-order valence-electron chi connectivity index (χ0n) is 9.82. The lowest BCUT2D eigenvalue weighted by atomic mass is 9.83. The molecule has 3 nitrogen and oxygen atoms in total. The van der Waals surface area contributed by atoms with E-state index in [2.05, 4.69) is 29.6 Å². The second-order valence-electron chi connectivity index (χ2n) is 4.95.